The minimum atomic E-state index is -2.94. The molecule has 0 saturated carbocycles. The highest BCUT2D eigenvalue weighted by atomic mass is 32.3. The predicted molar refractivity (Wildman–Crippen MR) is 24.2 cm³/mol. The van der Waals surface area contributed by atoms with Crippen molar-refractivity contribution in [2.24, 2.45) is 0 Å². The van der Waals surface area contributed by atoms with E-state index in [0.717, 1.165) is 0 Å². The zero-order valence-electron chi connectivity index (χ0n) is 3.03. The van der Waals surface area contributed by atoms with Crippen molar-refractivity contribution >= 4 is 22.2 Å². The highest BCUT2D eigenvalue weighted by molar-refractivity contribution is 7.90. The summed E-state index contributed by atoms with van der Waals surface area (Å²) >= 11 is -2.44. The van der Waals surface area contributed by atoms with Gasteiger partial charge in [0.25, 0.3) is 0 Å². The third-order valence-electron chi connectivity index (χ3n) is 0.153. The smallest absolute Gasteiger partial charge is 0.245 e. The lowest BCUT2D eigenvalue weighted by Crippen LogP contribution is -2.12. The van der Waals surface area contributed by atoms with Crippen LogP contribution in [0.4, 0.5) is 0 Å². The van der Waals surface area contributed by atoms with Crippen LogP contribution >= 0.6 is 0 Å². The van der Waals surface area contributed by atoms with Gasteiger partial charge in [-0.2, -0.15) is 0 Å². The van der Waals surface area contributed by atoms with Crippen LogP contribution in [0.5, 0.6) is 0 Å². The first-order valence-electron chi connectivity index (χ1n) is 1.14. The summed E-state index contributed by atoms with van der Waals surface area (Å²) in [5, 5.41) is 0. The van der Waals surface area contributed by atoms with Crippen LogP contribution in [0, 0.1) is 0 Å². The quantitative estimate of drug-likeness (QED) is 0.317. The molecule has 0 radical (unpaired) electrons. The second kappa shape index (κ2) is 3.08. The second-order valence-corrected chi connectivity index (χ2v) is 2.34. The van der Waals surface area contributed by atoms with E-state index in [1.165, 1.54) is 4.13 Å². The molecule has 0 amide bonds. The van der Waals surface area contributed by atoms with Crippen molar-refractivity contribution < 1.29 is 17.2 Å². The molecular weight excluding hydrogens is 142 g/mol. The molecule has 1 atom stereocenters. The standard InChI is InChI=1S/H3NO4S2/c2-6(3)1-7(4)5/h6H,(H,4,5)(H,1,2,3). The predicted octanol–water partition coefficient (Wildman–Crippen LogP) is -1.76. The molecule has 2 N–H and O–H groups in total. The van der Waals surface area contributed by atoms with E-state index in [9.17, 15) is 12.6 Å². The maximum absolute atomic E-state index is 9.43. The molecular formula is H3NO4S2. The van der Waals surface area contributed by atoms with Crippen LogP contribution in [0.15, 0.2) is 0 Å². The van der Waals surface area contributed by atoms with E-state index < -0.39 is 22.2 Å². The second-order valence-electron chi connectivity index (χ2n) is 0.598. The largest absolute Gasteiger partial charge is 0.293 e. The van der Waals surface area contributed by atoms with Crippen LogP contribution in [0.1, 0.15) is 0 Å². The average molecular weight is 145 g/mol. The summed E-state index contributed by atoms with van der Waals surface area (Å²) in [4.78, 5) is 0. The van der Waals surface area contributed by atoms with Crippen LogP contribution in [0.25, 0.3) is 0 Å². The average Bonchev–Trinajstić information content (AvgIpc) is 1.27. The molecule has 0 aromatic heterocycles. The maximum Gasteiger partial charge on any atom is 0.245 e. The Morgan fingerprint density at radius 2 is 2.00 bits per heavy atom. The van der Waals surface area contributed by atoms with Gasteiger partial charge in [0.05, 0.1) is 0 Å². The summed E-state index contributed by atoms with van der Waals surface area (Å²) in [6.07, 6.45) is 0. The Bertz CT molecular complexity index is 127. The molecule has 5 nitrogen and oxygen atoms in total. The van der Waals surface area contributed by atoms with Crippen molar-refractivity contribution in [1.82, 2.24) is 4.13 Å². The van der Waals surface area contributed by atoms with Gasteiger partial charge in [0.1, 0.15) is 0 Å². The first kappa shape index (κ1) is 7.02. The van der Waals surface area contributed by atoms with E-state index in [1.807, 2.05) is 0 Å². The molecule has 0 aromatic rings. The van der Waals surface area contributed by atoms with Gasteiger partial charge in [0.15, 0.2) is 0 Å². The Balaban J connectivity index is 3.53. The molecule has 0 rings (SSSR count). The molecule has 0 aromatic carbocycles. The van der Waals surface area contributed by atoms with E-state index in [4.69, 9.17) is 4.55 Å². The zero-order valence-corrected chi connectivity index (χ0v) is 4.74. The van der Waals surface area contributed by atoms with Crippen LogP contribution in [0.3, 0.4) is 0 Å². The lowest BCUT2D eigenvalue weighted by Gasteiger charge is -1.79. The molecule has 0 spiro atoms. The topological polar surface area (TPSA) is 83.5 Å². The van der Waals surface area contributed by atoms with E-state index in [0.29, 0.717) is 0 Å². The summed E-state index contributed by atoms with van der Waals surface area (Å²) in [6.45, 7) is 0. The molecule has 7 heteroatoms. The first-order valence-corrected chi connectivity index (χ1v) is 3.43. The Morgan fingerprint density at radius 1 is 1.57 bits per heavy atom. The Kier molecular flexibility index (Phi) is 3.09. The molecule has 0 saturated heterocycles. The zero-order chi connectivity index (χ0) is 5.86. The molecule has 44 valence electrons. The molecule has 0 aliphatic rings. The normalized spacial score (nSPS) is 14.6. The number of hydrogen-bond acceptors (Lipinski definition) is 3. The van der Waals surface area contributed by atoms with Gasteiger partial charge in [-0.15, -0.1) is 4.13 Å². The fourth-order valence-electron chi connectivity index (χ4n) is 0.0638. The number of nitrogens with one attached hydrogen (secondary N) is 1. The highest BCUT2D eigenvalue weighted by Crippen LogP contribution is 1.57. The van der Waals surface area contributed by atoms with Gasteiger partial charge in [0.2, 0.25) is 22.2 Å². The van der Waals surface area contributed by atoms with Crippen molar-refractivity contribution in [3.63, 3.8) is 0 Å². The fraction of sp³-hybridized carbons (Fsp3) is 0. The van der Waals surface area contributed by atoms with Crippen molar-refractivity contribution in [3.05, 3.63) is 0 Å². The van der Waals surface area contributed by atoms with E-state index in [-0.39, 0.29) is 0 Å². The minimum Gasteiger partial charge on any atom is -0.293 e. The van der Waals surface area contributed by atoms with Crippen molar-refractivity contribution in [2.75, 3.05) is 0 Å². The first-order chi connectivity index (χ1) is 3.13. The molecule has 0 aliphatic carbocycles. The third-order valence-corrected chi connectivity index (χ3v) is 1.37. The fourth-order valence-corrected chi connectivity index (χ4v) is 0.574. The van der Waals surface area contributed by atoms with Crippen molar-refractivity contribution in [2.45, 2.75) is 0 Å². The van der Waals surface area contributed by atoms with Gasteiger partial charge in [-0.05, 0) is 0 Å². The van der Waals surface area contributed by atoms with E-state index >= 15 is 0 Å². The Labute approximate surface area is 44.2 Å². The van der Waals surface area contributed by atoms with Gasteiger partial charge in [0, 0.05) is 0 Å². The Morgan fingerprint density at radius 3 is 2.00 bits per heavy atom. The molecule has 0 bridgehead atoms. The maximum atomic E-state index is 9.43. The number of thiol groups is 1. The van der Waals surface area contributed by atoms with Gasteiger partial charge >= 0.3 is 0 Å². The highest BCUT2D eigenvalue weighted by Gasteiger charge is 1.86. The SMILES string of the molecule is O=S(O)N[SH](=O)=O. The molecule has 7 heavy (non-hydrogen) atoms. The van der Waals surface area contributed by atoms with Crippen LogP contribution in [0.2, 0.25) is 0 Å². The molecule has 0 aliphatic heterocycles. The summed E-state index contributed by atoms with van der Waals surface area (Å²) in [5.41, 5.74) is 0. The summed E-state index contributed by atoms with van der Waals surface area (Å²) in [5.74, 6) is 0. The number of rotatable bonds is 2. The van der Waals surface area contributed by atoms with Gasteiger partial charge in [-0.25, -0.2) is 12.6 Å². The van der Waals surface area contributed by atoms with Gasteiger partial charge < -0.3 is 0 Å². The lowest BCUT2D eigenvalue weighted by atomic mass is 13.9. The van der Waals surface area contributed by atoms with Crippen LogP contribution in [-0.4, -0.2) is 17.2 Å². The van der Waals surface area contributed by atoms with Crippen LogP contribution in [-0.2, 0) is 22.2 Å². The van der Waals surface area contributed by atoms with Crippen molar-refractivity contribution in [1.29, 1.82) is 0 Å². The van der Waals surface area contributed by atoms with E-state index in [2.05, 4.69) is 0 Å². The van der Waals surface area contributed by atoms with E-state index in [1.54, 1.807) is 0 Å². The Hall–Kier alpha value is 0.0200. The van der Waals surface area contributed by atoms with Crippen molar-refractivity contribution in [3.8, 4) is 0 Å². The monoisotopic (exact) mass is 145 g/mol. The molecule has 1 unspecified atom stereocenters. The minimum absolute atomic E-state index is 1.29. The third kappa shape index (κ3) is 6.02. The lowest BCUT2D eigenvalue weighted by molar-refractivity contribution is 0.557. The molecule has 0 heterocycles. The summed E-state index contributed by atoms with van der Waals surface area (Å²) in [6, 6.07) is 0. The number of hydrogen-bond donors (Lipinski definition) is 3. The van der Waals surface area contributed by atoms with Crippen LogP contribution < -0.4 is 4.13 Å². The van der Waals surface area contributed by atoms with Gasteiger partial charge in [-0.3, -0.25) is 4.55 Å². The summed E-state index contributed by atoms with van der Waals surface area (Å²) in [7, 11) is -2.94. The molecule has 0 fully saturated rings. The van der Waals surface area contributed by atoms with Gasteiger partial charge in [-0.1, -0.05) is 0 Å². The summed E-state index contributed by atoms with van der Waals surface area (Å²) < 4.78 is 37.2.